The zero-order chi connectivity index (χ0) is 24.6. The summed E-state index contributed by atoms with van der Waals surface area (Å²) in [6.45, 7) is 0. The fourth-order valence-electron chi connectivity index (χ4n) is 5.65. The van der Waals surface area contributed by atoms with Crippen molar-refractivity contribution in [1.82, 2.24) is 4.90 Å². The second-order valence-corrected chi connectivity index (χ2v) is 9.31. The molecular formula is C23H32ClN3O9. The molecule has 200 valence electrons. The molecule has 0 aliphatic heterocycles. The van der Waals surface area contributed by atoms with E-state index in [1.165, 1.54) is 11.0 Å². The predicted octanol–water partition coefficient (Wildman–Crippen LogP) is -1.04. The molecule has 13 heteroatoms. The molecule has 3 aliphatic carbocycles. The van der Waals surface area contributed by atoms with Crippen LogP contribution in [0.2, 0.25) is 0 Å². The second kappa shape index (κ2) is 10.1. The topological polar surface area (TPSA) is 228 Å². The van der Waals surface area contributed by atoms with E-state index in [0.717, 1.165) is 5.69 Å². The zero-order valence-electron chi connectivity index (χ0n) is 20.2. The third-order valence-electron chi connectivity index (χ3n) is 7.06. The Morgan fingerprint density at radius 1 is 1.08 bits per heavy atom. The number of fused-ring (bicyclic) bond motifs is 3. The first kappa shape index (κ1) is 30.9. The highest BCUT2D eigenvalue weighted by Crippen LogP contribution is 2.52. The van der Waals surface area contributed by atoms with Crippen molar-refractivity contribution in [1.29, 1.82) is 0 Å². The van der Waals surface area contributed by atoms with Crippen LogP contribution in [-0.2, 0) is 16.0 Å². The number of likely N-dealkylation sites (N-methyl/N-ethyl adjacent to an activating group) is 1. The average molecular weight is 530 g/mol. The minimum Gasteiger partial charge on any atom is -0.510 e. The summed E-state index contributed by atoms with van der Waals surface area (Å²) in [5.41, 5.74) is 3.02. The first-order chi connectivity index (χ1) is 15.3. The number of halogens is 1. The Hall–Kier alpha value is -3.16. The van der Waals surface area contributed by atoms with Crippen molar-refractivity contribution in [3.63, 3.8) is 0 Å². The Morgan fingerprint density at radius 2 is 1.67 bits per heavy atom. The van der Waals surface area contributed by atoms with E-state index in [4.69, 9.17) is 5.73 Å². The SMILES string of the molecule is CN(C)c1ccc(O)c2c1C[C@H]1C[C@@H]3[C@H](N(C)C)C(O)=C(C(N)=O)C(=O)[C@@]3(O)C(O)=C1C2=O.Cl.O.O. The van der Waals surface area contributed by atoms with Gasteiger partial charge in [0.1, 0.15) is 22.8 Å². The van der Waals surface area contributed by atoms with E-state index in [1.54, 1.807) is 39.2 Å². The van der Waals surface area contributed by atoms with E-state index in [0.29, 0.717) is 5.56 Å². The maximum Gasteiger partial charge on any atom is 0.255 e. The van der Waals surface area contributed by atoms with E-state index in [9.17, 15) is 34.8 Å². The van der Waals surface area contributed by atoms with E-state index in [-0.39, 0.29) is 53.1 Å². The van der Waals surface area contributed by atoms with Crippen LogP contribution in [0.4, 0.5) is 5.69 Å². The van der Waals surface area contributed by atoms with Crippen molar-refractivity contribution in [2.45, 2.75) is 24.5 Å². The van der Waals surface area contributed by atoms with Gasteiger partial charge in [-0.15, -0.1) is 12.4 Å². The molecule has 0 bridgehead atoms. The number of nitrogens with two attached hydrogens (primary N) is 1. The maximum absolute atomic E-state index is 13.5. The van der Waals surface area contributed by atoms with Gasteiger partial charge in [0.25, 0.3) is 5.91 Å². The van der Waals surface area contributed by atoms with Gasteiger partial charge in [-0.2, -0.15) is 0 Å². The number of aliphatic hydroxyl groups excluding tert-OH is 2. The van der Waals surface area contributed by atoms with Crippen molar-refractivity contribution in [2.24, 2.45) is 17.6 Å². The standard InChI is InChI=1S/C23H27N3O7.ClH.2H2O/c1-25(2)12-5-6-13(27)15-10(12)7-9-8-11-17(26(3)4)19(29)16(22(24)32)21(31)23(11,33)20(30)14(9)18(15)28;;;/h5-6,9,11,17,27,29-30,33H,7-8H2,1-4H3,(H2,24,32);1H;2*1H2/t9-,11+,17-,23-;;;/m0.../s1. The number of Topliss-reactive ketones (excluding diaryl/α,β-unsaturated/α-hetero) is 2. The smallest absolute Gasteiger partial charge is 0.255 e. The van der Waals surface area contributed by atoms with Gasteiger partial charge in [0, 0.05) is 31.3 Å². The number of aromatic hydroxyl groups is 1. The van der Waals surface area contributed by atoms with Gasteiger partial charge in [-0.05, 0) is 50.6 Å². The number of allylic oxidation sites excluding steroid dienone is 1. The number of primary amides is 1. The Bertz CT molecular complexity index is 1180. The highest BCUT2D eigenvalue weighted by atomic mass is 35.5. The summed E-state index contributed by atoms with van der Waals surface area (Å²) in [6.07, 6.45) is 0.324. The molecule has 0 radical (unpaired) electrons. The van der Waals surface area contributed by atoms with Crippen molar-refractivity contribution in [3.8, 4) is 5.75 Å². The lowest BCUT2D eigenvalue weighted by molar-refractivity contribution is -0.148. The highest BCUT2D eigenvalue weighted by molar-refractivity contribution is 6.24. The molecular weight excluding hydrogens is 498 g/mol. The number of ketones is 2. The van der Waals surface area contributed by atoms with Gasteiger partial charge in [0.05, 0.1) is 11.6 Å². The molecule has 0 unspecified atom stereocenters. The fourth-order valence-corrected chi connectivity index (χ4v) is 5.65. The first-order valence-electron chi connectivity index (χ1n) is 10.5. The van der Waals surface area contributed by atoms with Gasteiger partial charge in [-0.3, -0.25) is 19.3 Å². The normalized spacial score (nSPS) is 26.7. The largest absolute Gasteiger partial charge is 0.510 e. The molecule has 0 aromatic heterocycles. The van der Waals surface area contributed by atoms with Gasteiger partial charge >= 0.3 is 0 Å². The molecule has 36 heavy (non-hydrogen) atoms. The quantitative estimate of drug-likeness (QED) is 0.300. The Morgan fingerprint density at radius 3 is 2.17 bits per heavy atom. The predicted molar refractivity (Wildman–Crippen MR) is 132 cm³/mol. The number of phenols is 1. The van der Waals surface area contributed by atoms with Gasteiger partial charge in [-0.1, -0.05) is 0 Å². The number of aliphatic hydroxyl groups is 3. The minimum atomic E-state index is -2.63. The van der Waals surface area contributed by atoms with Crippen molar-refractivity contribution in [2.75, 3.05) is 33.1 Å². The molecule has 3 aliphatic rings. The molecule has 4 atom stereocenters. The molecule has 0 saturated carbocycles. The molecule has 0 heterocycles. The monoisotopic (exact) mass is 529 g/mol. The maximum atomic E-state index is 13.5. The number of benzene rings is 1. The lowest BCUT2D eigenvalue weighted by Crippen LogP contribution is -2.63. The summed E-state index contributed by atoms with van der Waals surface area (Å²) in [4.78, 5) is 42.0. The fraction of sp³-hybridized carbons (Fsp3) is 0.435. The lowest BCUT2D eigenvalue weighted by atomic mass is 9.58. The van der Waals surface area contributed by atoms with E-state index in [2.05, 4.69) is 0 Å². The van der Waals surface area contributed by atoms with Crippen LogP contribution in [-0.4, -0.2) is 93.6 Å². The number of rotatable bonds is 3. The Balaban J connectivity index is 0.00000216. The van der Waals surface area contributed by atoms with Gasteiger partial charge in [0.15, 0.2) is 11.4 Å². The van der Waals surface area contributed by atoms with Crippen LogP contribution in [0.15, 0.2) is 34.8 Å². The van der Waals surface area contributed by atoms with Crippen molar-refractivity contribution >= 4 is 35.6 Å². The molecule has 0 saturated heterocycles. The number of amides is 1. The van der Waals surface area contributed by atoms with Gasteiger partial charge in [-0.25, -0.2) is 0 Å². The van der Waals surface area contributed by atoms with Crippen molar-refractivity contribution in [3.05, 3.63) is 45.9 Å². The number of anilines is 1. The van der Waals surface area contributed by atoms with E-state index >= 15 is 0 Å². The van der Waals surface area contributed by atoms with Crippen LogP contribution >= 0.6 is 12.4 Å². The number of nitrogens with zero attached hydrogens (tertiary/aromatic N) is 2. The highest BCUT2D eigenvalue weighted by Gasteiger charge is 2.63. The summed E-state index contributed by atoms with van der Waals surface area (Å²) in [5, 5.41) is 43.9. The lowest BCUT2D eigenvalue weighted by Gasteiger charge is -2.50. The molecule has 0 fully saturated rings. The third-order valence-corrected chi connectivity index (χ3v) is 7.06. The van der Waals surface area contributed by atoms with E-state index in [1.807, 2.05) is 0 Å². The molecule has 4 rings (SSSR count). The third kappa shape index (κ3) is 3.91. The number of phenolic OH excluding ortho intramolecular Hbond substituents is 1. The van der Waals surface area contributed by atoms with Crippen LogP contribution in [0.3, 0.4) is 0 Å². The number of carbonyl (C=O) groups excluding carboxylic acids is 3. The van der Waals surface area contributed by atoms with Crippen LogP contribution in [0, 0.1) is 11.8 Å². The van der Waals surface area contributed by atoms with Gasteiger partial charge in [0.2, 0.25) is 5.78 Å². The first-order valence-corrected chi connectivity index (χ1v) is 10.5. The minimum absolute atomic E-state index is 0. The van der Waals surface area contributed by atoms with Crippen LogP contribution in [0.1, 0.15) is 22.3 Å². The van der Waals surface area contributed by atoms with E-state index < -0.39 is 58.0 Å². The van der Waals surface area contributed by atoms with Crippen LogP contribution in [0.25, 0.3) is 0 Å². The zero-order valence-corrected chi connectivity index (χ0v) is 21.0. The number of hydrogen-bond donors (Lipinski definition) is 5. The summed E-state index contributed by atoms with van der Waals surface area (Å²) >= 11 is 0. The van der Waals surface area contributed by atoms with Crippen molar-refractivity contribution < 1.29 is 45.8 Å². The number of hydrogen-bond acceptors (Lipinski definition) is 9. The Kier molecular flexibility index (Phi) is 8.63. The van der Waals surface area contributed by atoms with Crippen LogP contribution in [0.5, 0.6) is 5.75 Å². The molecule has 10 N–H and O–H groups in total. The molecule has 12 nitrogen and oxygen atoms in total. The summed E-state index contributed by atoms with van der Waals surface area (Å²) < 4.78 is 0. The summed E-state index contributed by atoms with van der Waals surface area (Å²) in [7, 11) is 6.79. The number of carbonyl (C=O) groups is 3. The average Bonchev–Trinajstić information content (AvgIpc) is 2.70. The molecule has 1 amide bonds. The molecule has 0 spiro atoms. The molecule has 1 aromatic carbocycles. The van der Waals surface area contributed by atoms with Gasteiger partial charge < -0.3 is 42.0 Å². The Labute approximate surface area is 213 Å². The van der Waals surface area contributed by atoms with Crippen LogP contribution < -0.4 is 10.6 Å². The second-order valence-electron chi connectivity index (χ2n) is 9.31. The summed E-state index contributed by atoms with van der Waals surface area (Å²) in [6, 6.07) is 2.06. The molecule has 1 aromatic rings. The summed E-state index contributed by atoms with van der Waals surface area (Å²) in [5.74, 6) is -6.53.